The van der Waals surface area contributed by atoms with Gasteiger partial charge >= 0.3 is 0 Å². The number of H-pyrrole nitrogens is 1. The Bertz CT molecular complexity index is 1180. The van der Waals surface area contributed by atoms with Gasteiger partial charge in [0.2, 0.25) is 5.91 Å². The first-order valence-electron chi connectivity index (χ1n) is 10.2. The Morgan fingerprint density at radius 3 is 3.03 bits per heavy atom. The SMILES string of the molecule is O=C(CSc1nnc(-c2c[nH]c3ccccc23)n1CC1CCCO1)Nc1cccnc1. The molecule has 4 heterocycles. The Balaban J connectivity index is 1.39. The molecule has 3 aromatic heterocycles. The van der Waals surface area contributed by atoms with Crippen LogP contribution in [0.2, 0.25) is 0 Å². The van der Waals surface area contributed by atoms with E-state index in [0.717, 1.165) is 41.7 Å². The average molecular weight is 435 g/mol. The van der Waals surface area contributed by atoms with Gasteiger partial charge in [-0.15, -0.1) is 10.2 Å². The third-order valence-corrected chi connectivity index (χ3v) is 6.20. The van der Waals surface area contributed by atoms with Crippen LogP contribution in [0.3, 0.4) is 0 Å². The summed E-state index contributed by atoms with van der Waals surface area (Å²) in [7, 11) is 0. The Morgan fingerprint density at radius 1 is 1.26 bits per heavy atom. The molecule has 31 heavy (non-hydrogen) atoms. The van der Waals surface area contributed by atoms with Crippen molar-refractivity contribution < 1.29 is 9.53 Å². The number of aromatic amines is 1. The first-order chi connectivity index (χ1) is 15.3. The zero-order valence-corrected chi connectivity index (χ0v) is 17.6. The van der Waals surface area contributed by atoms with Crippen LogP contribution in [0.5, 0.6) is 0 Å². The summed E-state index contributed by atoms with van der Waals surface area (Å²) in [6.45, 7) is 1.44. The molecule has 9 heteroatoms. The molecule has 5 rings (SSSR count). The molecule has 158 valence electrons. The van der Waals surface area contributed by atoms with Crippen molar-refractivity contribution in [2.75, 3.05) is 17.7 Å². The number of hydrogen-bond donors (Lipinski definition) is 2. The normalized spacial score (nSPS) is 16.1. The maximum absolute atomic E-state index is 12.4. The van der Waals surface area contributed by atoms with Crippen LogP contribution in [-0.4, -0.2) is 49.1 Å². The van der Waals surface area contributed by atoms with Gasteiger partial charge in [-0.3, -0.25) is 14.3 Å². The molecule has 1 atom stereocenters. The van der Waals surface area contributed by atoms with Gasteiger partial charge in [0.05, 0.1) is 30.3 Å². The molecule has 8 nitrogen and oxygen atoms in total. The number of thioether (sulfide) groups is 1. The zero-order valence-electron chi connectivity index (χ0n) is 16.8. The molecule has 0 bridgehead atoms. The van der Waals surface area contributed by atoms with Gasteiger partial charge in [-0.2, -0.15) is 0 Å². The number of benzene rings is 1. The Morgan fingerprint density at radius 2 is 2.19 bits per heavy atom. The fraction of sp³-hybridized carbons (Fsp3) is 0.273. The minimum atomic E-state index is -0.113. The smallest absolute Gasteiger partial charge is 0.234 e. The predicted octanol–water partition coefficient (Wildman–Crippen LogP) is 3.73. The topological polar surface area (TPSA) is 97.7 Å². The number of nitrogens with one attached hydrogen (secondary N) is 2. The second-order valence-corrected chi connectivity index (χ2v) is 8.32. The van der Waals surface area contributed by atoms with Crippen molar-refractivity contribution >= 4 is 34.3 Å². The van der Waals surface area contributed by atoms with Crippen LogP contribution in [-0.2, 0) is 16.1 Å². The number of anilines is 1. The Labute approximate surface area is 183 Å². The number of nitrogens with zero attached hydrogens (tertiary/aromatic N) is 4. The van der Waals surface area contributed by atoms with Gasteiger partial charge in [-0.1, -0.05) is 30.0 Å². The maximum atomic E-state index is 12.4. The van der Waals surface area contributed by atoms with Gasteiger partial charge in [0.15, 0.2) is 11.0 Å². The van der Waals surface area contributed by atoms with Crippen LogP contribution >= 0.6 is 11.8 Å². The molecule has 4 aromatic rings. The van der Waals surface area contributed by atoms with E-state index in [0.29, 0.717) is 17.4 Å². The van der Waals surface area contributed by atoms with E-state index in [1.165, 1.54) is 11.8 Å². The number of amides is 1. The number of carbonyl (C=O) groups excluding carboxylic acids is 1. The van der Waals surface area contributed by atoms with Crippen molar-refractivity contribution in [1.82, 2.24) is 24.7 Å². The molecule has 2 N–H and O–H groups in total. The summed E-state index contributed by atoms with van der Waals surface area (Å²) < 4.78 is 7.94. The lowest BCUT2D eigenvalue weighted by atomic mass is 10.1. The number of hydrogen-bond acceptors (Lipinski definition) is 6. The minimum Gasteiger partial charge on any atom is -0.376 e. The average Bonchev–Trinajstić information content (AvgIpc) is 3.53. The van der Waals surface area contributed by atoms with Gasteiger partial charge in [0, 0.05) is 35.5 Å². The Hall–Kier alpha value is -3.17. The van der Waals surface area contributed by atoms with E-state index in [4.69, 9.17) is 4.74 Å². The highest BCUT2D eigenvalue weighted by molar-refractivity contribution is 7.99. The molecule has 0 saturated carbocycles. The summed E-state index contributed by atoms with van der Waals surface area (Å²) >= 11 is 1.37. The van der Waals surface area contributed by atoms with Crippen molar-refractivity contribution in [3.8, 4) is 11.4 Å². The van der Waals surface area contributed by atoms with Crippen LogP contribution in [0.1, 0.15) is 12.8 Å². The molecule has 0 radical (unpaired) electrons. The number of pyridine rings is 1. The molecule has 1 amide bonds. The fourth-order valence-electron chi connectivity index (χ4n) is 3.77. The summed E-state index contributed by atoms with van der Waals surface area (Å²) in [4.78, 5) is 19.7. The van der Waals surface area contributed by atoms with Crippen molar-refractivity contribution in [2.45, 2.75) is 30.6 Å². The van der Waals surface area contributed by atoms with Gasteiger partial charge in [-0.05, 0) is 31.0 Å². The van der Waals surface area contributed by atoms with E-state index in [2.05, 4.69) is 36.1 Å². The minimum absolute atomic E-state index is 0.113. The zero-order chi connectivity index (χ0) is 21.0. The summed E-state index contributed by atoms with van der Waals surface area (Å²) in [5, 5.41) is 13.6. The van der Waals surface area contributed by atoms with Crippen LogP contribution in [0.25, 0.3) is 22.3 Å². The lowest BCUT2D eigenvalue weighted by Gasteiger charge is -2.14. The molecular weight excluding hydrogens is 412 g/mol. The van der Waals surface area contributed by atoms with Crippen LogP contribution in [0.4, 0.5) is 5.69 Å². The second kappa shape index (κ2) is 8.91. The molecule has 0 aliphatic carbocycles. The van der Waals surface area contributed by atoms with Crippen LogP contribution < -0.4 is 5.32 Å². The van der Waals surface area contributed by atoms with E-state index >= 15 is 0 Å². The third kappa shape index (κ3) is 4.33. The number of ether oxygens (including phenoxy) is 1. The monoisotopic (exact) mass is 434 g/mol. The van der Waals surface area contributed by atoms with E-state index in [9.17, 15) is 4.79 Å². The number of fused-ring (bicyclic) bond motifs is 1. The molecule has 1 aromatic carbocycles. The van der Waals surface area contributed by atoms with E-state index in [1.807, 2.05) is 30.5 Å². The Kier molecular flexibility index (Phi) is 5.68. The highest BCUT2D eigenvalue weighted by Gasteiger charge is 2.23. The molecule has 1 unspecified atom stereocenters. The second-order valence-electron chi connectivity index (χ2n) is 7.38. The van der Waals surface area contributed by atoms with Crippen molar-refractivity contribution in [3.63, 3.8) is 0 Å². The standard InChI is InChI=1S/C22H22N6O2S/c29-20(25-15-5-3-9-23-11-15)14-31-22-27-26-21(28(22)13-16-6-4-10-30-16)18-12-24-19-8-2-1-7-17(18)19/h1-3,5,7-9,11-12,16,24H,4,6,10,13-14H2,(H,25,29). The lowest BCUT2D eigenvalue weighted by molar-refractivity contribution is -0.113. The fourth-order valence-corrected chi connectivity index (χ4v) is 4.52. The third-order valence-electron chi connectivity index (χ3n) is 5.23. The summed E-state index contributed by atoms with van der Waals surface area (Å²) in [6.07, 6.45) is 7.46. The molecule has 1 saturated heterocycles. The van der Waals surface area contributed by atoms with E-state index in [1.54, 1.807) is 18.5 Å². The quantitative estimate of drug-likeness (QED) is 0.430. The summed E-state index contributed by atoms with van der Waals surface area (Å²) in [5.41, 5.74) is 2.72. The molecule has 1 aliphatic rings. The molecule has 1 aliphatic heterocycles. The summed E-state index contributed by atoms with van der Waals surface area (Å²) in [5.74, 6) is 0.897. The number of rotatable bonds is 7. The first kappa shape index (κ1) is 19.8. The lowest BCUT2D eigenvalue weighted by Crippen LogP contribution is -2.18. The van der Waals surface area contributed by atoms with Gasteiger partial charge < -0.3 is 15.0 Å². The van der Waals surface area contributed by atoms with Gasteiger partial charge in [-0.25, -0.2) is 0 Å². The largest absolute Gasteiger partial charge is 0.376 e. The van der Waals surface area contributed by atoms with Gasteiger partial charge in [0.1, 0.15) is 0 Å². The summed E-state index contributed by atoms with van der Waals surface area (Å²) in [6, 6.07) is 11.7. The van der Waals surface area contributed by atoms with Crippen molar-refractivity contribution in [2.24, 2.45) is 0 Å². The predicted molar refractivity (Wildman–Crippen MR) is 120 cm³/mol. The van der Waals surface area contributed by atoms with Crippen molar-refractivity contribution in [3.05, 3.63) is 55.0 Å². The first-order valence-corrected chi connectivity index (χ1v) is 11.2. The highest BCUT2D eigenvalue weighted by Crippen LogP contribution is 2.31. The van der Waals surface area contributed by atoms with Crippen molar-refractivity contribution in [1.29, 1.82) is 0 Å². The maximum Gasteiger partial charge on any atom is 0.234 e. The number of carbonyl (C=O) groups is 1. The molecular formula is C22H22N6O2S. The molecule has 0 spiro atoms. The number of aromatic nitrogens is 5. The van der Waals surface area contributed by atoms with E-state index < -0.39 is 0 Å². The highest BCUT2D eigenvalue weighted by atomic mass is 32.2. The number of para-hydroxylation sites is 1. The van der Waals surface area contributed by atoms with Crippen LogP contribution in [0.15, 0.2) is 60.1 Å². The molecule has 1 fully saturated rings. The van der Waals surface area contributed by atoms with Gasteiger partial charge in [0.25, 0.3) is 0 Å². The van der Waals surface area contributed by atoms with E-state index in [-0.39, 0.29) is 17.8 Å². The van der Waals surface area contributed by atoms with Crippen LogP contribution in [0, 0.1) is 0 Å².